The SMILES string of the molecule is COCC1(Nc2cnc3cc(-c4cc(C(C)C)cnn4)c(N)nc3c2)CCC1. The summed E-state index contributed by atoms with van der Waals surface area (Å²) >= 11 is 0. The first-order valence-electron chi connectivity index (χ1n) is 9.66. The number of nitrogens with zero attached hydrogens (tertiary/aromatic N) is 4. The molecule has 0 atom stereocenters. The van der Waals surface area contributed by atoms with Crippen LogP contribution in [0.4, 0.5) is 11.5 Å². The Bertz CT molecular complexity index is 999. The van der Waals surface area contributed by atoms with Gasteiger partial charge in [0.05, 0.1) is 47.0 Å². The molecule has 7 heteroatoms. The summed E-state index contributed by atoms with van der Waals surface area (Å²) in [6.45, 7) is 4.93. The molecule has 0 bridgehead atoms. The molecule has 7 nitrogen and oxygen atoms in total. The van der Waals surface area contributed by atoms with Crippen LogP contribution in [0, 0.1) is 0 Å². The van der Waals surface area contributed by atoms with Gasteiger partial charge in [0.1, 0.15) is 5.82 Å². The Morgan fingerprint density at radius 3 is 2.68 bits per heavy atom. The van der Waals surface area contributed by atoms with Gasteiger partial charge < -0.3 is 15.8 Å². The molecule has 0 saturated heterocycles. The van der Waals surface area contributed by atoms with Crippen LogP contribution in [0.25, 0.3) is 22.3 Å². The molecule has 1 aliphatic carbocycles. The highest BCUT2D eigenvalue weighted by molar-refractivity contribution is 5.86. The normalized spacial score (nSPS) is 15.6. The lowest BCUT2D eigenvalue weighted by atomic mass is 9.77. The van der Waals surface area contributed by atoms with Crippen molar-refractivity contribution >= 4 is 22.5 Å². The van der Waals surface area contributed by atoms with Crippen LogP contribution in [0.1, 0.15) is 44.6 Å². The van der Waals surface area contributed by atoms with Crippen molar-refractivity contribution in [2.24, 2.45) is 0 Å². The van der Waals surface area contributed by atoms with Crippen molar-refractivity contribution in [3.8, 4) is 11.3 Å². The van der Waals surface area contributed by atoms with Crippen LogP contribution in [0.5, 0.6) is 0 Å². The van der Waals surface area contributed by atoms with Gasteiger partial charge in [-0.25, -0.2) is 4.98 Å². The highest BCUT2D eigenvalue weighted by Crippen LogP contribution is 2.36. The van der Waals surface area contributed by atoms with Gasteiger partial charge in [0, 0.05) is 12.7 Å². The van der Waals surface area contributed by atoms with Crippen LogP contribution in [-0.2, 0) is 4.74 Å². The number of pyridine rings is 2. The van der Waals surface area contributed by atoms with E-state index >= 15 is 0 Å². The molecular weight excluding hydrogens is 352 g/mol. The number of ether oxygens (including phenoxy) is 1. The van der Waals surface area contributed by atoms with Crippen molar-refractivity contribution < 1.29 is 4.74 Å². The first-order chi connectivity index (χ1) is 13.5. The van der Waals surface area contributed by atoms with Gasteiger partial charge in [-0.3, -0.25) is 4.98 Å². The number of nitrogen functional groups attached to an aromatic ring is 1. The maximum absolute atomic E-state index is 6.26. The van der Waals surface area contributed by atoms with E-state index in [-0.39, 0.29) is 5.54 Å². The fraction of sp³-hybridized carbons (Fsp3) is 0.429. The standard InChI is InChI=1S/C21H26N6O/c1-13(2)14-7-17(27-24-10-14)16-9-18-19(25-20(16)22)8-15(11-23-18)26-21(12-28-3)5-4-6-21/h7-11,13,26H,4-6,12H2,1-3H3,(H2,22,25). The highest BCUT2D eigenvalue weighted by Gasteiger charge is 2.37. The summed E-state index contributed by atoms with van der Waals surface area (Å²) in [5.74, 6) is 0.790. The van der Waals surface area contributed by atoms with Crippen molar-refractivity contribution in [3.63, 3.8) is 0 Å². The van der Waals surface area contributed by atoms with Gasteiger partial charge >= 0.3 is 0 Å². The molecule has 3 N–H and O–H groups in total. The number of anilines is 2. The Balaban J connectivity index is 1.67. The van der Waals surface area contributed by atoms with Gasteiger partial charge in [-0.1, -0.05) is 13.8 Å². The van der Waals surface area contributed by atoms with Crippen LogP contribution >= 0.6 is 0 Å². The first kappa shape index (κ1) is 18.6. The Hall–Kier alpha value is -2.80. The molecule has 3 aromatic heterocycles. The molecule has 0 spiro atoms. The molecule has 0 unspecified atom stereocenters. The Kier molecular flexibility index (Phi) is 4.85. The molecule has 1 saturated carbocycles. The van der Waals surface area contributed by atoms with Crippen molar-refractivity contribution in [3.05, 3.63) is 36.2 Å². The quantitative estimate of drug-likeness (QED) is 0.673. The van der Waals surface area contributed by atoms with Crippen molar-refractivity contribution in [1.29, 1.82) is 0 Å². The molecular formula is C21H26N6O. The molecule has 0 radical (unpaired) electrons. The van der Waals surface area contributed by atoms with Crippen LogP contribution < -0.4 is 11.1 Å². The number of fused-ring (bicyclic) bond motifs is 1. The number of methoxy groups -OCH3 is 1. The van der Waals surface area contributed by atoms with Crippen LogP contribution in [0.3, 0.4) is 0 Å². The zero-order valence-electron chi connectivity index (χ0n) is 16.6. The van der Waals surface area contributed by atoms with Gasteiger partial charge in [-0.15, -0.1) is 0 Å². The first-order valence-corrected chi connectivity index (χ1v) is 9.66. The smallest absolute Gasteiger partial charge is 0.133 e. The van der Waals surface area contributed by atoms with E-state index in [0.29, 0.717) is 18.3 Å². The summed E-state index contributed by atoms with van der Waals surface area (Å²) in [5.41, 5.74) is 11.3. The van der Waals surface area contributed by atoms with Crippen molar-refractivity contribution in [1.82, 2.24) is 20.2 Å². The Labute approximate surface area is 164 Å². The predicted molar refractivity (Wildman–Crippen MR) is 111 cm³/mol. The average Bonchev–Trinajstić information content (AvgIpc) is 2.66. The molecule has 3 heterocycles. The minimum Gasteiger partial charge on any atom is -0.383 e. The third-order valence-electron chi connectivity index (χ3n) is 5.45. The maximum atomic E-state index is 6.26. The van der Waals surface area contributed by atoms with E-state index in [2.05, 4.69) is 39.3 Å². The zero-order valence-corrected chi connectivity index (χ0v) is 16.6. The molecule has 146 valence electrons. The number of nitrogens with two attached hydrogens (primary N) is 1. The van der Waals surface area contributed by atoms with Gasteiger partial charge in [0.15, 0.2) is 0 Å². The largest absolute Gasteiger partial charge is 0.383 e. The Morgan fingerprint density at radius 2 is 2.00 bits per heavy atom. The molecule has 3 aromatic rings. The number of aromatic nitrogens is 4. The van der Waals surface area contributed by atoms with Gasteiger partial charge in [-0.2, -0.15) is 10.2 Å². The van der Waals surface area contributed by atoms with E-state index < -0.39 is 0 Å². The molecule has 1 fully saturated rings. The lowest BCUT2D eigenvalue weighted by Gasteiger charge is -2.42. The summed E-state index contributed by atoms with van der Waals surface area (Å²) in [6.07, 6.45) is 7.03. The molecule has 28 heavy (non-hydrogen) atoms. The van der Waals surface area contributed by atoms with Crippen molar-refractivity contribution in [2.75, 3.05) is 24.8 Å². The third-order valence-corrected chi connectivity index (χ3v) is 5.45. The summed E-state index contributed by atoms with van der Waals surface area (Å²) in [5, 5.41) is 11.9. The van der Waals surface area contributed by atoms with Gasteiger partial charge in [-0.05, 0) is 48.9 Å². The summed E-state index contributed by atoms with van der Waals surface area (Å²) in [7, 11) is 1.74. The predicted octanol–water partition coefficient (Wildman–Crippen LogP) is 3.77. The fourth-order valence-electron chi connectivity index (χ4n) is 3.66. The summed E-state index contributed by atoms with van der Waals surface area (Å²) in [4.78, 5) is 9.18. The maximum Gasteiger partial charge on any atom is 0.133 e. The van der Waals surface area contributed by atoms with Crippen LogP contribution in [0.2, 0.25) is 0 Å². The van der Waals surface area contributed by atoms with Crippen molar-refractivity contribution in [2.45, 2.75) is 44.6 Å². The lowest BCUT2D eigenvalue weighted by molar-refractivity contribution is 0.0983. The number of nitrogens with one attached hydrogen (secondary N) is 1. The fourth-order valence-corrected chi connectivity index (χ4v) is 3.66. The highest BCUT2D eigenvalue weighted by atomic mass is 16.5. The summed E-state index contributed by atoms with van der Waals surface area (Å²) < 4.78 is 5.39. The summed E-state index contributed by atoms with van der Waals surface area (Å²) in [6, 6.07) is 5.94. The second kappa shape index (κ2) is 7.31. The third kappa shape index (κ3) is 3.49. The minimum absolute atomic E-state index is 0.00245. The van der Waals surface area contributed by atoms with E-state index in [1.807, 2.05) is 24.4 Å². The van der Waals surface area contributed by atoms with Gasteiger partial charge in [0.25, 0.3) is 0 Å². The van der Waals surface area contributed by atoms with E-state index in [9.17, 15) is 0 Å². The molecule has 0 aliphatic heterocycles. The number of hydrogen-bond acceptors (Lipinski definition) is 7. The molecule has 4 rings (SSSR count). The molecule has 1 aliphatic rings. The van der Waals surface area contributed by atoms with E-state index in [0.717, 1.165) is 46.4 Å². The second-order valence-electron chi connectivity index (χ2n) is 7.90. The van der Waals surface area contributed by atoms with E-state index in [4.69, 9.17) is 10.5 Å². The number of rotatable bonds is 6. The van der Waals surface area contributed by atoms with E-state index in [1.54, 1.807) is 13.3 Å². The lowest BCUT2D eigenvalue weighted by Crippen LogP contribution is -2.48. The monoisotopic (exact) mass is 378 g/mol. The molecule has 0 aromatic carbocycles. The Morgan fingerprint density at radius 1 is 1.18 bits per heavy atom. The molecule has 0 amide bonds. The number of hydrogen-bond donors (Lipinski definition) is 2. The van der Waals surface area contributed by atoms with Gasteiger partial charge in [0.2, 0.25) is 0 Å². The second-order valence-corrected chi connectivity index (χ2v) is 7.90. The topological polar surface area (TPSA) is 98.8 Å². The van der Waals surface area contributed by atoms with Crippen LogP contribution in [0.15, 0.2) is 30.6 Å². The van der Waals surface area contributed by atoms with E-state index in [1.165, 1.54) is 6.42 Å². The van der Waals surface area contributed by atoms with Crippen LogP contribution in [-0.4, -0.2) is 39.4 Å². The zero-order chi connectivity index (χ0) is 19.7. The minimum atomic E-state index is 0.00245. The average molecular weight is 378 g/mol.